The van der Waals surface area contributed by atoms with E-state index < -0.39 is 40.0 Å². The van der Waals surface area contributed by atoms with Gasteiger partial charge in [0.1, 0.15) is 16.6 Å². The fourth-order valence-electron chi connectivity index (χ4n) is 3.84. The Bertz CT molecular complexity index is 1590. The first-order valence-electron chi connectivity index (χ1n) is 12.1. The number of aliphatic hydroxyl groups is 1. The monoisotopic (exact) mass is 626 g/mol. The second-order valence-corrected chi connectivity index (χ2v) is 13.8. The van der Waals surface area contributed by atoms with E-state index in [2.05, 4.69) is 20.0 Å². The molecule has 14 heteroatoms. The quantitative estimate of drug-likeness (QED) is 0.162. The van der Waals surface area contributed by atoms with Gasteiger partial charge >= 0.3 is 12.3 Å². The molecular formula is C27H26ClF3N4O4S2. The molecule has 3 atom stereocenters. The van der Waals surface area contributed by atoms with Crippen molar-refractivity contribution in [2.24, 2.45) is 0 Å². The lowest BCUT2D eigenvalue weighted by Gasteiger charge is -2.27. The molecule has 0 spiro atoms. The van der Waals surface area contributed by atoms with Crippen molar-refractivity contribution in [2.45, 2.75) is 50.3 Å². The van der Waals surface area contributed by atoms with Crippen molar-refractivity contribution >= 4 is 56.3 Å². The number of carbonyl (C=O) groups is 1. The van der Waals surface area contributed by atoms with Crippen LogP contribution in [0.4, 0.5) is 23.8 Å². The number of hydrogen-bond donors (Lipinski definition) is 4. The molecule has 0 aliphatic carbocycles. The second-order valence-electron chi connectivity index (χ2n) is 10.3. The highest BCUT2D eigenvalue weighted by atomic mass is 35.5. The highest BCUT2D eigenvalue weighted by Crippen LogP contribution is 2.42. The number of thiophene rings is 1. The van der Waals surface area contributed by atoms with Gasteiger partial charge in [-0.25, -0.2) is 9.78 Å². The van der Waals surface area contributed by atoms with Crippen LogP contribution in [0.5, 0.6) is 0 Å². The van der Waals surface area contributed by atoms with Gasteiger partial charge in [0, 0.05) is 32.7 Å². The average molecular weight is 627 g/mol. The summed E-state index contributed by atoms with van der Waals surface area (Å²) in [5.41, 5.74) is -2.47. The number of nitrogens with one attached hydrogen (secondary N) is 2. The summed E-state index contributed by atoms with van der Waals surface area (Å²) in [6, 6.07) is 11.4. The normalized spacial score (nSPS) is 15.4. The van der Waals surface area contributed by atoms with Crippen molar-refractivity contribution in [3.05, 3.63) is 75.9 Å². The van der Waals surface area contributed by atoms with Gasteiger partial charge < -0.3 is 14.8 Å². The highest BCUT2D eigenvalue weighted by Gasteiger charge is 2.51. The summed E-state index contributed by atoms with van der Waals surface area (Å²) < 4.78 is 56.8. The molecule has 1 amide bonds. The van der Waals surface area contributed by atoms with Crippen LogP contribution in [-0.2, 0) is 17.0 Å². The molecule has 4 rings (SSSR count). The van der Waals surface area contributed by atoms with Crippen molar-refractivity contribution in [3.63, 3.8) is 0 Å². The molecule has 3 aromatic heterocycles. The number of alkyl halides is 3. The van der Waals surface area contributed by atoms with E-state index in [0.717, 1.165) is 11.5 Å². The fourth-order valence-corrected chi connectivity index (χ4v) is 6.18. The number of pyridine rings is 2. The standard InChI is InChI=1S/C27H26ClF3N4O4S2/c1-25(2,3)41(39)35-22(21-17(28)8-9-20(33-21)34-24(36)37)19-12-14-6-5-7-16(23(14)40-19)18-13-15(10-11-32-18)26(4,38)27(29,30)31/h5-13,22,35,38H,1-4H3,(H,33,34)(H,36,37)/t22-,26-,41-/m0/s1. The smallest absolute Gasteiger partial charge is 0.421 e. The molecule has 4 N–H and O–H groups in total. The van der Waals surface area contributed by atoms with Crippen molar-refractivity contribution in [2.75, 3.05) is 5.32 Å². The lowest BCUT2D eigenvalue weighted by Crippen LogP contribution is -2.41. The topological polar surface area (TPSA) is 130 Å². The molecule has 0 bridgehead atoms. The minimum atomic E-state index is -4.90. The van der Waals surface area contributed by atoms with Gasteiger partial charge in [0.25, 0.3) is 0 Å². The predicted molar refractivity (Wildman–Crippen MR) is 154 cm³/mol. The van der Waals surface area contributed by atoms with Crippen molar-refractivity contribution in [3.8, 4) is 11.3 Å². The molecule has 0 aliphatic heterocycles. The van der Waals surface area contributed by atoms with Crippen LogP contribution in [0, 0.1) is 0 Å². The Kier molecular flexibility index (Phi) is 8.61. The second kappa shape index (κ2) is 11.4. The average Bonchev–Trinajstić information content (AvgIpc) is 3.31. The van der Waals surface area contributed by atoms with Crippen LogP contribution in [-0.4, -0.2) is 41.8 Å². The molecule has 0 radical (unpaired) electrons. The Morgan fingerprint density at radius 3 is 2.46 bits per heavy atom. The van der Waals surface area contributed by atoms with Crippen molar-refractivity contribution in [1.82, 2.24) is 14.7 Å². The number of amides is 1. The molecule has 218 valence electrons. The zero-order valence-electron chi connectivity index (χ0n) is 22.2. The number of anilines is 1. The van der Waals surface area contributed by atoms with E-state index in [4.69, 9.17) is 16.7 Å². The summed E-state index contributed by atoms with van der Waals surface area (Å²) in [4.78, 5) is 20.5. The number of fused-ring (bicyclic) bond motifs is 1. The van der Waals surface area contributed by atoms with Gasteiger partial charge in [0.2, 0.25) is 0 Å². The Labute approximate surface area is 245 Å². The molecule has 3 heterocycles. The van der Waals surface area contributed by atoms with E-state index in [1.165, 1.54) is 35.7 Å². The van der Waals surface area contributed by atoms with Crippen LogP contribution in [0.25, 0.3) is 21.3 Å². The first kappa shape index (κ1) is 31.0. The summed E-state index contributed by atoms with van der Waals surface area (Å²) in [6.07, 6.45) is -5.01. The van der Waals surface area contributed by atoms with Gasteiger partial charge in [-0.3, -0.25) is 10.3 Å². The zero-order chi connectivity index (χ0) is 30.3. The SMILES string of the molecule is CC(C)(C)[S@+]([O-])N[C@@H](c1cc2cccc(-c3cc([C@](C)(O)C(F)(F)F)ccn3)c2s1)c1nc(NC(=O)O)ccc1Cl. The Balaban J connectivity index is 1.86. The zero-order valence-corrected chi connectivity index (χ0v) is 24.6. The maximum Gasteiger partial charge on any atom is 0.421 e. The molecule has 0 saturated carbocycles. The molecule has 0 unspecified atom stereocenters. The third kappa shape index (κ3) is 6.60. The summed E-state index contributed by atoms with van der Waals surface area (Å²) in [5.74, 6) is 0.0183. The molecular weight excluding hydrogens is 601 g/mol. The Hall–Kier alpha value is -2.94. The third-order valence-corrected chi connectivity index (χ3v) is 9.29. The molecule has 0 saturated heterocycles. The molecule has 0 aliphatic rings. The van der Waals surface area contributed by atoms with Gasteiger partial charge in [-0.05, 0) is 69.0 Å². The van der Waals surface area contributed by atoms with Gasteiger partial charge in [-0.1, -0.05) is 29.8 Å². The molecule has 1 aromatic carbocycles. The van der Waals surface area contributed by atoms with Gasteiger partial charge in [0.15, 0.2) is 5.60 Å². The first-order chi connectivity index (χ1) is 19.0. The van der Waals surface area contributed by atoms with Crippen LogP contribution >= 0.6 is 22.9 Å². The fraction of sp³-hybridized carbons (Fsp3) is 0.296. The third-order valence-electron chi connectivity index (χ3n) is 6.16. The van der Waals surface area contributed by atoms with E-state index in [1.54, 1.807) is 32.9 Å². The van der Waals surface area contributed by atoms with Gasteiger partial charge in [-0.15, -0.1) is 16.1 Å². The van der Waals surface area contributed by atoms with Crippen LogP contribution in [0.2, 0.25) is 5.02 Å². The van der Waals surface area contributed by atoms with Gasteiger partial charge in [-0.2, -0.15) is 13.2 Å². The largest absolute Gasteiger partial charge is 0.598 e. The number of aromatic nitrogens is 2. The lowest BCUT2D eigenvalue weighted by molar-refractivity contribution is -0.258. The molecule has 8 nitrogen and oxygen atoms in total. The summed E-state index contributed by atoms with van der Waals surface area (Å²) >= 11 is 6.16. The first-order valence-corrected chi connectivity index (χ1v) is 14.5. The number of nitrogens with zero attached hydrogens (tertiary/aromatic N) is 2. The maximum atomic E-state index is 13.5. The van der Waals surface area contributed by atoms with E-state index in [1.807, 2.05) is 12.1 Å². The number of benzene rings is 1. The minimum Gasteiger partial charge on any atom is -0.598 e. The molecule has 0 fully saturated rings. The maximum absolute atomic E-state index is 13.5. The van der Waals surface area contributed by atoms with Crippen LogP contribution in [0.15, 0.2) is 54.7 Å². The van der Waals surface area contributed by atoms with Crippen LogP contribution in [0.3, 0.4) is 0 Å². The van der Waals surface area contributed by atoms with Gasteiger partial charge in [0.05, 0.1) is 16.4 Å². The number of halogens is 4. The molecule has 41 heavy (non-hydrogen) atoms. The van der Waals surface area contributed by atoms with E-state index in [9.17, 15) is 27.6 Å². The van der Waals surface area contributed by atoms with E-state index in [-0.39, 0.29) is 27.8 Å². The van der Waals surface area contributed by atoms with Crippen molar-refractivity contribution in [1.29, 1.82) is 0 Å². The Morgan fingerprint density at radius 2 is 1.83 bits per heavy atom. The summed E-state index contributed by atoms with van der Waals surface area (Å²) in [7, 11) is 0. The highest BCUT2D eigenvalue weighted by molar-refractivity contribution is 7.90. The van der Waals surface area contributed by atoms with E-state index >= 15 is 0 Å². The minimum absolute atomic E-state index is 0.0183. The lowest BCUT2D eigenvalue weighted by atomic mass is 9.94. The summed E-state index contributed by atoms with van der Waals surface area (Å²) in [6.45, 7) is 6.03. The van der Waals surface area contributed by atoms with Crippen LogP contribution in [0.1, 0.15) is 49.9 Å². The molecule has 4 aromatic rings. The number of carboxylic acid groups (broad SMARTS) is 1. The Morgan fingerprint density at radius 1 is 1.12 bits per heavy atom. The van der Waals surface area contributed by atoms with Crippen LogP contribution < -0.4 is 10.0 Å². The predicted octanol–water partition coefficient (Wildman–Crippen LogP) is 7.01. The van der Waals surface area contributed by atoms with E-state index in [0.29, 0.717) is 22.1 Å². The van der Waals surface area contributed by atoms with Crippen molar-refractivity contribution < 1.29 is 32.7 Å². The summed E-state index contributed by atoms with van der Waals surface area (Å²) in [5, 5.41) is 22.5. The number of rotatable bonds is 7. The number of hydrogen-bond acceptors (Lipinski definition) is 7.